The first kappa shape index (κ1) is 12.3. The van der Waals surface area contributed by atoms with E-state index in [1.807, 2.05) is 6.92 Å². The maximum Gasteiger partial charge on any atom is 0.166 e. The fourth-order valence-corrected chi connectivity index (χ4v) is 2.62. The van der Waals surface area contributed by atoms with Crippen molar-refractivity contribution >= 4 is 5.78 Å². The van der Waals surface area contributed by atoms with Crippen LogP contribution in [0.25, 0.3) is 0 Å². The van der Waals surface area contributed by atoms with Crippen molar-refractivity contribution in [3.63, 3.8) is 0 Å². The minimum absolute atomic E-state index is 0.109. The molecule has 0 amide bonds. The number of carbonyl (C=O) groups excluding carboxylic acids is 1. The monoisotopic (exact) mass is 234 g/mol. The summed E-state index contributed by atoms with van der Waals surface area (Å²) in [5.41, 5.74) is 1.47. The molecule has 92 valence electrons. The number of rotatable bonds is 2. The summed E-state index contributed by atoms with van der Waals surface area (Å²) in [6.45, 7) is 1.88. The minimum atomic E-state index is -0.312. The molecule has 0 bridgehead atoms. The van der Waals surface area contributed by atoms with E-state index in [4.69, 9.17) is 0 Å². The Morgan fingerprint density at radius 3 is 2.47 bits per heavy atom. The van der Waals surface area contributed by atoms with Gasteiger partial charge in [0.25, 0.3) is 0 Å². The van der Waals surface area contributed by atoms with Crippen molar-refractivity contribution in [1.29, 1.82) is 0 Å². The summed E-state index contributed by atoms with van der Waals surface area (Å²) in [6, 6.07) is 4.50. The normalized spacial score (nSPS) is 17.8. The van der Waals surface area contributed by atoms with Crippen molar-refractivity contribution in [2.45, 2.75) is 45.4 Å². The zero-order valence-electron chi connectivity index (χ0n) is 10.3. The predicted octanol–water partition coefficient (Wildman–Crippen LogP) is 4.29. The van der Waals surface area contributed by atoms with Crippen LogP contribution in [0.4, 0.5) is 4.39 Å². The lowest BCUT2D eigenvalue weighted by atomic mass is 9.89. The van der Waals surface area contributed by atoms with Crippen LogP contribution in [0.15, 0.2) is 18.2 Å². The van der Waals surface area contributed by atoms with Gasteiger partial charge in [0, 0.05) is 11.5 Å². The molecule has 17 heavy (non-hydrogen) atoms. The number of hydrogen-bond donors (Lipinski definition) is 0. The Bertz CT molecular complexity index is 403. The molecule has 2 heteroatoms. The molecule has 0 atom stereocenters. The number of Topliss-reactive ketones (excluding diaryl/α,β-unsaturated/α-hetero) is 1. The van der Waals surface area contributed by atoms with Crippen molar-refractivity contribution in [2.24, 2.45) is 5.92 Å². The second-order valence-corrected chi connectivity index (χ2v) is 5.01. The van der Waals surface area contributed by atoms with E-state index in [2.05, 4.69) is 0 Å². The zero-order chi connectivity index (χ0) is 12.3. The highest BCUT2D eigenvalue weighted by molar-refractivity contribution is 5.99. The van der Waals surface area contributed by atoms with Crippen LogP contribution in [0.1, 0.15) is 54.4 Å². The third-order valence-corrected chi connectivity index (χ3v) is 3.69. The van der Waals surface area contributed by atoms with Crippen LogP contribution < -0.4 is 0 Å². The van der Waals surface area contributed by atoms with Gasteiger partial charge in [0.2, 0.25) is 0 Å². The van der Waals surface area contributed by atoms with Gasteiger partial charge in [-0.1, -0.05) is 31.7 Å². The zero-order valence-corrected chi connectivity index (χ0v) is 10.3. The fourth-order valence-electron chi connectivity index (χ4n) is 2.62. The second-order valence-electron chi connectivity index (χ2n) is 5.01. The average molecular weight is 234 g/mol. The SMILES string of the molecule is Cc1ccc(F)cc1C(=O)C1CCCCCC1. The maximum atomic E-state index is 13.2. The van der Waals surface area contributed by atoms with Crippen molar-refractivity contribution in [1.82, 2.24) is 0 Å². The molecule has 1 aromatic carbocycles. The second kappa shape index (κ2) is 5.44. The highest BCUT2D eigenvalue weighted by atomic mass is 19.1. The first-order chi connectivity index (χ1) is 8.18. The van der Waals surface area contributed by atoms with E-state index in [-0.39, 0.29) is 17.5 Å². The largest absolute Gasteiger partial charge is 0.294 e. The van der Waals surface area contributed by atoms with Crippen LogP contribution in [0.3, 0.4) is 0 Å². The van der Waals surface area contributed by atoms with Gasteiger partial charge in [0.1, 0.15) is 5.82 Å². The van der Waals surface area contributed by atoms with Crippen LogP contribution >= 0.6 is 0 Å². The van der Waals surface area contributed by atoms with Crippen molar-refractivity contribution < 1.29 is 9.18 Å². The van der Waals surface area contributed by atoms with E-state index in [9.17, 15) is 9.18 Å². The lowest BCUT2D eigenvalue weighted by Crippen LogP contribution is -2.15. The van der Waals surface area contributed by atoms with E-state index < -0.39 is 0 Å². The van der Waals surface area contributed by atoms with Crippen molar-refractivity contribution in [3.8, 4) is 0 Å². The van der Waals surface area contributed by atoms with Gasteiger partial charge < -0.3 is 0 Å². The third kappa shape index (κ3) is 2.93. The van der Waals surface area contributed by atoms with Crippen LogP contribution in [-0.2, 0) is 0 Å². The lowest BCUT2D eigenvalue weighted by Gasteiger charge is -2.14. The summed E-state index contributed by atoms with van der Waals surface area (Å²) in [6.07, 6.45) is 6.65. The minimum Gasteiger partial charge on any atom is -0.294 e. The summed E-state index contributed by atoms with van der Waals surface area (Å²) in [4.78, 5) is 12.4. The molecule has 0 unspecified atom stereocenters. The highest BCUT2D eigenvalue weighted by Gasteiger charge is 2.22. The Balaban J connectivity index is 2.20. The maximum absolute atomic E-state index is 13.2. The van der Waals surface area contributed by atoms with Crippen LogP contribution in [0.5, 0.6) is 0 Å². The number of benzene rings is 1. The molecule has 0 heterocycles. The van der Waals surface area contributed by atoms with Gasteiger partial charge in [-0.2, -0.15) is 0 Å². The van der Waals surface area contributed by atoms with E-state index in [1.165, 1.54) is 25.0 Å². The average Bonchev–Trinajstić information content (AvgIpc) is 2.60. The molecule has 0 aliphatic heterocycles. The van der Waals surface area contributed by atoms with Gasteiger partial charge in [-0.05, 0) is 37.5 Å². The lowest BCUT2D eigenvalue weighted by molar-refractivity contribution is 0.0907. The van der Waals surface area contributed by atoms with E-state index in [1.54, 1.807) is 6.07 Å². The summed E-state index contributed by atoms with van der Waals surface area (Å²) >= 11 is 0. The molecule has 1 fully saturated rings. The molecule has 1 aromatic rings. The number of halogens is 1. The first-order valence-corrected chi connectivity index (χ1v) is 6.49. The molecular weight excluding hydrogens is 215 g/mol. The topological polar surface area (TPSA) is 17.1 Å². The Labute approximate surface area is 102 Å². The Hall–Kier alpha value is -1.18. The van der Waals surface area contributed by atoms with Gasteiger partial charge in [0.15, 0.2) is 5.78 Å². The Morgan fingerprint density at radius 1 is 1.18 bits per heavy atom. The number of aryl methyl sites for hydroxylation is 1. The van der Waals surface area contributed by atoms with E-state index in [0.29, 0.717) is 5.56 Å². The Morgan fingerprint density at radius 2 is 1.82 bits per heavy atom. The summed E-state index contributed by atoms with van der Waals surface area (Å²) in [5, 5.41) is 0. The number of ketones is 1. The van der Waals surface area contributed by atoms with Gasteiger partial charge in [-0.3, -0.25) is 4.79 Å². The van der Waals surface area contributed by atoms with Crippen LogP contribution in [-0.4, -0.2) is 5.78 Å². The Kier molecular flexibility index (Phi) is 3.93. The summed E-state index contributed by atoms with van der Waals surface area (Å²) < 4.78 is 13.2. The number of carbonyl (C=O) groups is 1. The quantitative estimate of drug-likeness (QED) is 0.551. The summed E-state index contributed by atoms with van der Waals surface area (Å²) in [5.74, 6) is -0.0607. The summed E-state index contributed by atoms with van der Waals surface area (Å²) in [7, 11) is 0. The van der Waals surface area contributed by atoms with Crippen LogP contribution in [0, 0.1) is 18.7 Å². The van der Waals surface area contributed by atoms with Crippen molar-refractivity contribution in [3.05, 3.63) is 35.1 Å². The molecule has 1 aliphatic rings. The molecule has 1 nitrogen and oxygen atoms in total. The number of hydrogen-bond acceptors (Lipinski definition) is 1. The van der Waals surface area contributed by atoms with E-state index in [0.717, 1.165) is 31.2 Å². The van der Waals surface area contributed by atoms with Gasteiger partial charge in [-0.25, -0.2) is 4.39 Å². The fraction of sp³-hybridized carbons (Fsp3) is 0.533. The van der Waals surface area contributed by atoms with Gasteiger partial charge in [-0.15, -0.1) is 0 Å². The smallest absolute Gasteiger partial charge is 0.166 e. The first-order valence-electron chi connectivity index (χ1n) is 6.49. The molecule has 0 saturated heterocycles. The van der Waals surface area contributed by atoms with Crippen molar-refractivity contribution in [2.75, 3.05) is 0 Å². The van der Waals surface area contributed by atoms with E-state index >= 15 is 0 Å². The molecule has 0 aromatic heterocycles. The molecule has 0 N–H and O–H groups in total. The highest BCUT2D eigenvalue weighted by Crippen LogP contribution is 2.27. The molecular formula is C15H19FO. The van der Waals surface area contributed by atoms with Gasteiger partial charge >= 0.3 is 0 Å². The predicted molar refractivity (Wildman–Crippen MR) is 66.7 cm³/mol. The molecule has 1 aliphatic carbocycles. The molecule has 0 spiro atoms. The third-order valence-electron chi connectivity index (χ3n) is 3.69. The van der Waals surface area contributed by atoms with Gasteiger partial charge in [0.05, 0.1) is 0 Å². The molecule has 2 rings (SSSR count). The molecule has 1 saturated carbocycles. The van der Waals surface area contributed by atoms with Crippen LogP contribution in [0.2, 0.25) is 0 Å². The standard InChI is InChI=1S/C15H19FO/c1-11-8-9-13(16)10-14(11)15(17)12-6-4-2-3-5-7-12/h8-10,12H,2-7H2,1H3. The molecule has 0 radical (unpaired) electrons.